The van der Waals surface area contributed by atoms with Crippen molar-refractivity contribution in [2.45, 2.75) is 43.2 Å². The Morgan fingerprint density at radius 1 is 1.24 bits per heavy atom. The lowest BCUT2D eigenvalue weighted by atomic mass is 9.74. The molecule has 5 rings (SSSR count). The van der Waals surface area contributed by atoms with Crippen LogP contribution in [0.4, 0.5) is 4.39 Å². The summed E-state index contributed by atoms with van der Waals surface area (Å²) < 4.78 is 19.3. The highest BCUT2D eigenvalue weighted by molar-refractivity contribution is 6.00. The lowest BCUT2D eigenvalue weighted by Crippen LogP contribution is -2.55. The van der Waals surface area contributed by atoms with Crippen LogP contribution in [0.2, 0.25) is 0 Å². The Balaban J connectivity index is 1.44. The molecule has 2 N–H and O–H groups in total. The van der Waals surface area contributed by atoms with Gasteiger partial charge in [-0.05, 0) is 30.5 Å². The third-order valence-electron chi connectivity index (χ3n) is 6.43. The number of fused-ring (bicyclic) bond motifs is 1. The number of hydrogen-bond donors (Lipinski definition) is 2. The molecule has 0 unspecified atom stereocenters. The fraction of sp³-hybridized carbons (Fsp3) is 0.476. The smallest absolute Gasteiger partial charge is 0.246 e. The average molecular weight is 399 g/mol. The number of rotatable bonds is 5. The maximum atomic E-state index is 13.3. The summed E-state index contributed by atoms with van der Waals surface area (Å²) in [5, 5.41) is 5.49. The molecule has 0 aromatic heterocycles. The Kier molecular flexibility index (Phi) is 4.03. The van der Waals surface area contributed by atoms with Crippen molar-refractivity contribution in [3.8, 4) is 0 Å². The fourth-order valence-corrected chi connectivity index (χ4v) is 5.01. The van der Waals surface area contributed by atoms with Gasteiger partial charge in [-0.3, -0.25) is 14.4 Å². The molecule has 1 saturated carbocycles. The molecule has 2 saturated heterocycles. The van der Waals surface area contributed by atoms with Crippen LogP contribution in [-0.2, 0) is 25.7 Å². The molecule has 0 radical (unpaired) electrons. The van der Waals surface area contributed by atoms with Crippen LogP contribution >= 0.6 is 0 Å². The molecule has 5 atom stereocenters. The van der Waals surface area contributed by atoms with Crippen molar-refractivity contribution in [2.24, 2.45) is 11.8 Å². The number of ether oxygens (including phenoxy) is 1. The first kappa shape index (κ1) is 18.3. The normalized spacial score (nSPS) is 34.4. The van der Waals surface area contributed by atoms with E-state index in [0.29, 0.717) is 0 Å². The van der Waals surface area contributed by atoms with Crippen molar-refractivity contribution in [3.05, 3.63) is 47.8 Å². The first-order chi connectivity index (χ1) is 14.0. The molecule has 3 amide bonds. The predicted molar refractivity (Wildman–Crippen MR) is 99.7 cm³/mol. The van der Waals surface area contributed by atoms with Gasteiger partial charge in [0.25, 0.3) is 0 Å². The Morgan fingerprint density at radius 3 is 2.62 bits per heavy atom. The summed E-state index contributed by atoms with van der Waals surface area (Å²) in [7, 11) is 1.54. The third-order valence-corrected chi connectivity index (χ3v) is 6.43. The third kappa shape index (κ3) is 2.62. The minimum absolute atomic E-state index is 0.00503. The van der Waals surface area contributed by atoms with Gasteiger partial charge in [0.2, 0.25) is 17.7 Å². The zero-order chi connectivity index (χ0) is 20.3. The largest absolute Gasteiger partial charge is 0.359 e. The molecule has 1 aromatic carbocycles. The van der Waals surface area contributed by atoms with E-state index in [4.69, 9.17) is 4.74 Å². The average Bonchev–Trinajstić information content (AvgIpc) is 3.32. The lowest BCUT2D eigenvalue weighted by molar-refractivity contribution is -0.142. The number of amides is 3. The van der Waals surface area contributed by atoms with Gasteiger partial charge in [-0.15, -0.1) is 0 Å². The van der Waals surface area contributed by atoms with E-state index >= 15 is 0 Å². The minimum atomic E-state index is -1.12. The number of nitrogens with one attached hydrogen (secondary N) is 2. The number of likely N-dealkylation sites (tertiary alicyclic amines) is 1. The Labute approximate surface area is 167 Å². The number of benzene rings is 1. The van der Waals surface area contributed by atoms with Gasteiger partial charge < -0.3 is 20.3 Å². The van der Waals surface area contributed by atoms with Crippen molar-refractivity contribution in [3.63, 3.8) is 0 Å². The summed E-state index contributed by atoms with van der Waals surface area (Å²) in [6.45, 7) is 0.217. The minimum Gasteiger partial charge on any atom is -0.359 e. The van der Waals surface area contributed by atoms with Gasteiger partial charge in [0, 0.05) is 19.6 Å². The zero-order valence-corrected chi connectivity index (χ0v) is 15.9. The van der Waals surface area contributed by atoms with Gasteiger partial charge in [-0.1, -0.05) is 24.3 Å². The predicted octanol–water partition coefficient (Wildman–Crippen LogP) is 0.501. The van der Waals surface area contributed by atoms with E-state index in [1.54, 1.807) is 29.2 Å². The van der Waals surface area contributed by atoms with Crippen LogP contribution in [0, 0.1) is 17.7 Å². The first-order valence-corrected chi connectivity index (χ1v) is 9.89. The van der Waals surface area contributed by atoms with E-state index < -0.39 is 29.6 Å². The molecule has 3 aliphatic heterocycles. The SMILES string of the molecule is CNC(=O)[C@H]1[C@H]2C(=O)N(C3CC3)[C@@H](C(=O)NCc3ccc(F)cc3)[C@@]23C=C[C@H]1O3. The molecular weight excluding hydrogens is 377 g/mol. The van der Waals surface area contributed by atoms with Gasteiger partial charge in [-0.2, -0.15) is 0 Å². The van der Waals surface area contributed by atoms with Crippen LogP contribution in [0.3, 0.4) is 0 Å². The number of nitrogens with zero attached hydrogens (tertiary/aromatic N) is 1. The van der Waals surface area contributed by atoms with Crippen molar-refractivity contribution < 1.29 is 23.5 Å². The van der Waals surface area contributed by atoms with Crippen molar-refractivity contribution >= 4 is 17.7 Å². The molecule has 152 valence electrons. The summed E-state index contributed by atoms with van der Waals surface area (Å²) in [5.41, 5.74) is -0.361. The van der Waals surface area contributed by atoms with Crippen LogP contribution in [0.1, 0.15) is 18.4 Å². The van der Waals surface area contributed by atoms with E-state index in [-0.39, 0.29) is 36.1 Å². The molecule has 3 fully saturated rings. The Hall–Kier alpha value is -2.74. The highest BCUT2D eigenvalue weighted by Crippen LogP contribution is 2.56. The van der Waals surface area contributed by atoms with Gasteiger partial charge in [-0.25, -0.2) is 4.39 Å². The summed E-state index contributed by atoms with van der Waals surface area (Å²) in [6, 6.07) is 5.08. The topological polar surface area (TPSA) is 87.7 Å². The highest BCUT2D eigenvalue weighted by atomic mass is 19.1. The van der Waals surface area contributed by atoms with Gasteiger partial charge >= 0.3 is 0 Å². The number of hydrogen-bond acceptors (Lipinski definition) is 4. The quantitative estimate of drug-likeness (QED) is 0.706. The Morgan fingerprint density at radius 2 is 1.97 bits per heavy atom. The second kappa shape index (κ2) is 6.38. The molecular formula is C21H22FN3O4. The summed E-state index contributed by atoms with van der Waals surface area (Å²) in [4.78, 5) is 40.7. The van der Waals surface area contributed by atoms with E-state index in [2.05, 4.69) is 10.6 Å². The van der Waals surface area contributed by atoms with Crippen LogP contribution in [0.15, 0.2) is 36.4 Å². The van der Waals surface area contributed by atoms with E-state index in [1.807, 2.05) is 0 Å². The second-order valence-corrected chi connectivity index (χ2v) is 8.14. The Bertz CT molecular complexity index is 913. The maximum absolute atomic E-state index is 13.3. The molecule has 7 nitrogen and oxygen atoms in total. The maximum Gasteiger partial charge on any atom is 0.246 e. The van der Waals surface area contributed by atoms with Gasteiger partial charge in [0.05, 0.1) is 17.9 Å². The molecule has 2 bridgehead atoms. The van der Waals surface area contributed by atoms with E-state index in [0.717, 1.165) is 18.4 Å². The standard InChI is InChI=1S/C21H22FN3O4/c1-23-18(26)15-14-8-9-21(29-14)16(15)20(28)25(13-6-7-13)17(21)19(27)24-10-11-2-4-12(22)5-3-11/h2-5,8-9,13-17H,6-7,10H2,1H3,(H,23,26)(H,24,27)/t14-,15-,16+,17+,21-/m1/s1. The molecule has 1 aliphatic carbocycles. The van der Waals surface area contributed by atoms with Crippen molar-refractivity contribution in [1.29, 1.82) is 0 Å². The number of carbonyl (C=O) groups is 3. The molecule has 29 heavy (non-hydrogen) atoms. The molecule has 3 heterocycles. The number of halogens is 1. The molecule has 1 aromatic rings. The van der Waals surface area contributed by atoms with Crippen LogP contribution in [-0.4, -0.2) is 53.5 Å². The summed E-state index contributed by atoms with van der Waals surface area (Å²) in [5.74, 6) is -2.42. The fourth-order valence-electron chi connectivity index (χ4n) is 5.01. The second-order valence-electron chi connectivity index (χ2n) is 8.14. The van der Waals surface area contributed by atoms with E-state index in [1.165, 1.54) is 19.2 Å². The van der Waals surface area contributed by atoms with E-state index in [9.17, 15) is 18.8 Å². The summed E-state index contributed by atoms with van der Waals surface area (Å²) in [6.07, 6.45) is 4.77. The molecule has 8 heteroatoms. The van der Waals surface area contributed by atoms with Gasteiger partial charge in [0.1, 0.15) is 17.5 Å². The monoisotopic (exact) mass is 399 g/mol. The van der Waals surface area contributed by atoms with Crippen molar-refractivity contribution in [1.82, 2.24) is 15.5 Å². The molecule has 4 aliphatic rings. The van der Waals surface area contributed by atoms with Crippen LogP contribution < -0.4 is 10.6 Å². The van der Waals surface area contributed by atoms with Crippen LogP contribution in [0.25, 0.3) is 0 Å². The zero-order valence-electron chi connectivity index (χ0n) is 15.9. The van der Waals surface area contributed by atoms with Crippen molar-refractivity contribution in [2.75, 3.05) is 7.05 Å². The van der Waals surface area contributed by atoms with Crippen LogP contribution in [0.5, 0.6) is 0 Å². The van der Waals surface area contributed by atoms with Gasteiger partial charge in [0.15, 0.2) is 0 Å². The first-order valence-electron chi connectivity index (χ1n) is 9.89. The highest BCUT2D eigenvalue weighted by Gasteiger charge is 2.73. The lowest BCUT2D eigenvalue weighted by Gasteiger charge is -2.32. The summed E-state index contributed by atoms with van der Waals surface area (Å²) >= 11 is 0. The molecule has 1 spiro atoms. The number of carbonyl (C=O) groups excluding carboxylic acids is 3.